The quantitative estimate of drug-likeness (QED) is 0.875. The van der Waals surface area contributed by atoms with Crippen molar-refractivity contribution >= 4 is 5.91 Å². The van der Waals surface area contributed by atoms with Gasteiger partial charge in [0.05, 0.1) is 12.2 Å². The van der Waals surface area contributed by atoms with Gasteiger partial charge in [-0.1, -0.05) is 36.4 Å². The summed E-state index contributed by atoms with van der Waals surface area (Å²) in [5, 5.41) is 2.99. The van der Waals surface area contributed by atoms with E-state index < -0.39 is 0 Å². The van der Waals surface area contributed by atoms with Gasteiger partial charge < -0.3 is 5.32 Å². The van der Waals surface area contributed by atoms with Crippen LogP contribution in [0.2, 0.25) is 0 Å². The van der Waals surface area contributed by atoms with Gasteiger partial charge in [-0.3, -0.25) is 19.6 Å². The average Bonchev–Trinajstić information content (AvgIpc) is 2.63. The lowest BCUT2D eigenvalue weighted by atomic mass is 10.2. The van der Waals surface area contributed by atoms with Gasteiger partial charge in [0, 0.05) is 45.5 Å². The molecule has 126 valence electrons. The van der Waals surface area contributed by atoms with Crippen LogP contribution in [0.15, 0.2) is 54.7 Å². The van der Waals surface area contributed by atoms with E-state index >= 15 is 0 Å². The van der Waals surface area contributed by atoms with E-state index in [1.165, 1.54) is 0 Å². The molecule has 0 bridgehead atoms. The number of amides is 1. The second kappa shape index (κ2) is 8.57. The number of benzene rings is 1. The standard InChI is InChI=1S/C19H24N4O/c24-19(21-14-17-6-2-1-3-7-17)16-23-12-10-22(11-13-23)15-18-8-4-5-9-20-18/h1-9H,10-16H2,(H,21,24). The van der Waals surface area contributed by atoms with Gasteiger partial charge in [0.15, 0.2) is 0 Å². The first kappa shape index (κ1) is 16.6. The smallest absolute Gasteiger partial charge is 0.234 e. The Kier molecular flexibility index (Phi) is 5.93. The molecule has 5 nitrogen and oxygen atoms in total. The van der Waals surface area contributed by atoms with Crippen molar-refractivity contribution in [2.75, 3.05) is 32.7 Å². The summed E-state index contributed by atoms with van der Waals surface area (Å²) in [7, 11) is 0. The number of hydrogen-bond donors (Lipinski definition) is 1. The van der Waals surface area contributed by atoms with Gasteiger partial charge in [-0.25, -0.2) is 0 Å². The van der Waals surface area contributed by atoms with E-state index in [1.54, 1.807) is 0 Å². The van der Waals surface area contributed by atoms with Gasteiger partial charge in [0.25, 0.3) is 0 Å². The van der Waals surface area contributed by atoms with Crippen molar-refractivity contribution in [2.24, 2.45) is 0 Å². The van der Waals surface area contributed by atoms with Crippen molar-refractivity contribution in [1.82, 2.24) is 20.1 Å². The van der Waals surface area contributed by atoms with Crippen molar-refractivity contribution in [3.05, 3.63) is 66.0 Å². The predicted molar refractivity (Wildman–Crippen MR) is 94.2 cm³/mol. The van der Waals surface area contributed by atoms with Crippen LogP contribution in [0, 0.1) is 0 Å². The maximum absolute atomic E-state index is 12.1. The molecule has 1 aliphatic heterocycles. The molecule has 0 saturated carbocycles. The fourth-order valence-corrected chi connectivity index (χ4v) is 2.88. The van der Waals surface area contributed by atoms with Crippen LogP contribution in [-0.2, 0) is 17.9 Å². The van der Waals surface area contributed by atoms with Gasteiger partial charge in [-0.15, -0.1) is 0 Å². The number of rotatable bonds is 6. The maximum Gasteiger partial charge on any atom is 0.234 e. The zero-order chi connectivity index (χ0) is 16.6. The minimum Gasteiger partial charge on any atom is -0.351 e. The third-order valence-corrected chi connectivity index (χ3v) is 4.28. The first-order chi connectivity index (χ1) is 11.8. The molecule has 1 saturated heterocycles. The molecule has 0 unspecified atom stereocenters. The molecule has 2 aromatic rings. The van der Waals surface area contributed by atoms with Crippen LogP contribution in [0.3, 0.4) is 0 Å². The summed E-state index contributed by atoms with van der Waals surface area (Å²) in [6.07, 6.45) is 1.84. The van der Waals surface area contributed by atoms with Crippen molar-refractivity contribution in [1.29, 1.82) is 0 Å². The highest BCUT2D eigenvalue weighted by Crippen LogP contribution is 2.06. The average molecular weight is 324 g/mol. The summed E-state index contributed by atoms with van der Waals surface area (Å²) in [6.45, 7) is 5.75. The number of piperazine rings is 1. The summed E-state index contributed by atoms with van der Waals surface area (Å²) in [6, 6.07) is 16.0. The third-order valence-electron chi connectivity index (χ3n) is 4.28. The lowest BCUT2D eigenvalue weighted by Gasteiger charge is -2.34. The minimum atomic E-state index is 0.0945. The molecule has 1 fully saturated rings. The molecule has 0 aliphatic carbocycles. The molecule has 1 aromatic heterocycles. The first-order valence-electron chi connectivity index (χ1n) is 8.45. The van der Waals surface area contributed by atoms with E-state index in [4.69, 9.17) is 0 Å². The number of carbonyl (C=O) groups is 1. The summed E-state index contributed by atoms with van der Waals surface area (Å²) >= 11 is 0. The topological polar surface area (TPSA) is 48.5 Å². The molecule has 0 radical (unpaired) electrons. The van der Waals surface area contributed by atoms with E-state index in [0.717, 1.165) is 44.0 Å². The van der Waals surface area contributed by atoms with Crippen molar-refractivity contribution in [3.8, 4) is 0 Å². The number of aromatic nitrogens is 1. The highest BCUT2D eigenvalue weighted by molar-refractivity contribution is 5.78. The van der Waals surface area contributed by atoms with E-state index in [9.17, 15) is 4.79 Å². The Morgan fingerprint density at radius 1 is 0.958 bits per heavy atom. The van der Waals surface area contributed by atoms with E-state index in [1.807, 2.05) is 48.7 Å². The van der Waals surface area contributed by atoms with Gasteiger partial charge >= 0.3 is 0 Å². The Bertz CT molecular complexity index is 624. The highest BCUT2D eigenvalue weighted by Gasteiger charge is 2.19. The number of nitrogens with one attached hydrogen (secondary N) is 1. The number of carbonyl (C=O) groups excluding carboxylic acids is 1. The Hall–Kier alpha value is -2.24. The van der Waals surface area contributed by atoms with Crippen LogP contribution in [-0.4, -0.2) is 53.4 Å². The van der Waals surface area contributed by atoms with Crippen LogP contribution in [0.1, 0.15) is 11.3 Å². The fraction of sp³-hybridized carbons (Fsp3) is 0.368. The van der Waals surface area contributed by atoms with Crippen LogP contribution < -0.4 is 5.32 Å². The lowest BCUT2D eigenvalue weighted by molar-refractivity contribution is -0.122. The minimum absolute atomic E-state index is 0.0945. The van der Waals surface area contributed by atoms with Crippen LogP contribution >= 0.6 is 0 Å². The second-order valence-corrected chi connectivity index (χ2v) is 6.14. The molecule has 1 aliphatic rings. The predicted octanol–water partition coefficient (Wildman–Crippen LogP) is 1.52. The second-order valence-electron chi connectivity index (χ2n) is 6.14. The van der Waals surface area contributed by atoms with E-state index in [0.29, 0.717) is 13.1 Å². The summed E-state index contributed by atoms with van der Waals surface area (Å²) in [4.78, 5) is 21.1. The van der Waals surface area contributed by atoms with Crippen molar-refractivity contribution in [3.63, 3.8) is 0 Å². The lowest BCUT2D eigenvalue weighted by Crippen LogP contribution is -2.49. The van der Waals surface area contributed by atoms with Gasteiger partial charge in [-0.05, 0) is 17.7 Å². The van der Waals surface area contributed by atoms with Gasteiger partial charge in [0.2, 0.25) is 5.91 Å². The molecule has 3 rings (SSSR count). The van der Waals surface area contributed by atoms with E-state index in [2.05, 4.69) is 26.2 Å². The van der Waals surface area contributed by atoms with Crippen LogP contribution in [0.5, 0.6) is 0 Å². The molecule has 0 atom stereocenters. The molecule has 0 spiro atoms. The van der Waals surface area contributed by atoms with Crippen molar-refractivity contribution < 1.29 is 4.79 Å². The van der Waals surface area contributed by atoms with Crippen LogP contribution in [0.4, 0.5) is 0 Å². The molecule has 1 N–H and O–H groups in total. The molecular formula is C19H24N4O. The molecule has 5 heteroatoms. The van der Waals surface area contributed by atoms with E-state index in [-0.39, 0.29) is 5.91 Å². The Morgan fingerprint density at radius 2 is 1.67 bits per heavy atom. The number of hydrogen-bond acceptors (Lipinski definition) is 4. The highest BCUT2D eigenvalue weighted by atomic mass is 16.2. The monoisotopic (exact) mass is 324 g/mol. The zero-order valence-corrected chi connectivity index (χ0v) is 13.9. The summed E-state index contributed by atoms with van der Waals surface area (Å²) in [5.41, 5.74) is 2.23. The third kappa shape index (κ3) is 5.15. The maximum atomic E-state index is 12.1. The van der Waals surface area contributed by atoms with Gasteiger partial charge in [-0.2, -0.15) is 0 Å². The van der Waals surface area contributed by atoms with Gasteiger partial charge in [0.1, 0.15) is 0 Å². The Balaban J connectivity index is 1.36. The molecule has 2 heterocycles. The number of pyridine rings is 1. The fourth-order valence-electron chi connectivity index (χ4n) is 2.88. The SMILES string of the molecule is O=C(CN1CCN(Cc2ccccn2)CC1)NCc1ccccc1. The number of nitrogens with zero attached hydrogens (tertiary/aromatic N) is 3. The summed E-state index contributed by atoms with van der Waals surface area (Å²) in [5.74, 6) is 0.0945. The normalized spacial score (nSPS) is 16.0. The largest absolute Gasteiger partial charge is 0.351 e. The van der Waals surface area contributed by atoms with Crippen LogP contribution in [0.25, 0.3) is 0 Å². The first-order valence-corrected chi connectivity index (χ1v) is 8.45. The summed E-state index contributed by atoms with van der Waals surface area (Å²) < 4.78 is 0. The Labute approximate surface area is 143 Å². The zero-order valence-electron chi connectivity index (χ0n) is 13.9. The van der Waals surface area contributed by atoms with Crippen molar-refractivity contribution in [2.45, 2.75) is 13.1 Å². The molecule has 24 heavy (non-hydrogen) atoms. The molecule has 1 aromatic carbocycles. The Morgan fingerprint density at radius 3 is 2.38 bits per heavy atom. The molecule has 1 amide bonds. The molecular weight excluding hydrogens is 300 g/mol.